The van der Waals surface area contributed by atoms with Gasteiger partial charge in [0.1, 0.15) is 5.82 Å². The Hall–Kier alpha value is -1.19. The minimum atomic E-state index is -0.198. The fraction of sp³-hybridized carbons (Fsp3) is 0.500. The number of halogens is 1. The molecule has 2 nitrogen and oxygen atoms in total. The highest BCUT2D eigenvalue weighted by molar-refractivity contribution is 5.48. The van der Waals surface area contributed by atoms with Crippen LogP contribution in [0.25, 0.3) is 6.08 Å². The zero-order chi connectivity index (χ0) is 13.5. The summed E-state index contributed by atoms with van der Waals surface area (Å²) in [6, 6.07) is 7.07. The van der Waals surface area contributed by atoms with Crippen molar-refractivity contribution in [3.63, 3.8) is 0 Å². The molecule has 1 aromatic carbocycles. The number of aliphatic hydroxyl groups is 1. The monoisotopic (exact) mass is 263 g/mol. The van der Waals surface area contributed by atoms with Gasteiger partial charge >= 0.3 is 0 Å². The van der Waals surface area contributed by atoms with Crippen molar-refractivity contribution >= 4 is 6.08 Å². The molecular weight excluding hydrogens is 241 g/mol. The van der Waals surface area contributed by atoms with Gasteiger partial charge in [-0.25, -0.2) is 4.39 Å². The molecule has 0 spiro atoms. The van der Waals surface area contributed by atoms with E-state index < -0.39 is 0 Å². The van der Waals surface area contributed by atoms with Crippen LogP contribution in [0.3, 0.4) is 0 Å². The maximum atomic E-state index is 12.7. The van der Waals surface area contributed by atoms with Crippen LogP contribution in [-0.2, 0) is 0 Å². The Morgan fingerprint density at radius 3 is 2.47 bits per heavy atom. The largest absolute Gasteiger partial charge is 0.396 e. The molecule has 0 heterocycles. The summed E-state index contributed by atoms with van der Waals surface area (Å²) < 4.78 is 12.7. The molecule has 0 saturated heterocycles. The summed E-state index contributed by atoms with van der Waals surface area (Å²) in [6.07, 6.45) is 8.62. The molecule has 1 fully saturated rings. The minimum absolute atomic E-state index is 0.198. The van der Waals surface area contributed by atoms with Crippen LogP contribution < -0.4 is 5.32 Å². The van der Waals surface area contributed by atoms with Crippen LogP contribution in [0, 0.1) is 11.7 Å². The summed E-state index contributed by atoms with van der Waals surface area (Å²) in [7, 11) is 0. The van der Waals surface area contributed by atoms with Crippen LogP contribution in [0.1, 0.15) is 31.2 Å². The average molecular weight is 263 g/mol. The first-order chi connectivity index (χ1) is 9.28. The van der Waals surface area contributed by atoms with E-state index in [1.807, 2.05) is 6.08 Å². The third-order valence-corrected chi connectivity index (χ3v) is 3.81. The molecule has 19 heavy (non-hydrogen) atoms. The van der Waals surface area contributed by atoms with Crippen molar-refractivity contribution in [2.45, 2.75) is 31.7 Å². The van der Waals surface area contributed by atoms with E-state index in [1.165, 1.54) is 12.1 Å². The second-order valence-electron chi connectivity index (χ2n) is 5.26. The van der Waals surface area contributed by atoms with Crippen molar-refractivity contribution < 1.29 is 9.50 Å². The molecule has 0 aliphatic heterocycles. The van der Waals surface area contributed by atoms with Crippen molar-refractivity contribution in [2.75, 3.05) is 13.2 Å². The van der Waals surface area contributed by atoms with Crippen LogP contribution in [0.5, 0.6) is 0 Å². The molecule has 0 unspecified atom stereocenters. The maximum absolute atomic E-state index is 12.7. The number of aliphatic hydroxyl groups excluding tert-OH is 1. The number of hydrogen-bond acceptors (Lipinski definition) is 2. The number of benzene rings is 1. The van der Waals surface area contributed by atoms with Crippen LogP contribution in [0.4, 0.5) is 4.39 Å². The Morgan fingerprint density at radius 2 is 1.84 bits per heavy atom. The Kier molecular flexibility index (Phi) is 5.55. The highest BCUT2D eigenvalue weighted by atomic mass is 19.1. The van der Waals surface area contributed by atoms with Crippen LogP contribution in [0.2, 0.25) is 0 Å². The van der Waals surface area contributed by atoms with Crippen molar-refractivity contribution in [1.29, 1.82) is 0 Å². The van der Waals surface area contributed by atoms with E-state index in [-0.39, 0.29) is 5.82 Å². The summed E-state index contributed by atoms with van der Waals surface area (Å²) in [4.78, 5) is 0. The molecule has 1 saturated carbocycles. The van der Waals surface area contributed by atoms with E-state index in [1.54, 1.807) is 12.1 Å². The first kappa shape index (κ1) is 14.2. The first-order valence-corrected chi connectivity index (χ1v) is 7.04. The number of rotatable bonds is 5. The van der Waals surface area contributed by atoms with E-state index in [4.69, 9.17) is 5.11 Å². The van der Waals surface area contributed by atoms with Gasteiger partial charge in [0.15, 0.2) is 0 Å². The third-order valence-electron chi connectivity index (χ3n) is 3.81. The van der Waals surface area contributed by atoms with Crippen molar-refractivity contribution in [2.24, 2.45) is 5.92 Å². The number of hydrogen-bond donors (Lipinski definition) is 2. The molecule has 104 valence electrons. The van der Waals surface area contributed by atoms with Crippen LogP contribution >= 0.6 is 0 Å². The van der Waals surface area contributed by atoms with Gasteiger partial charge in [-0.2, -0.15) is 0 Å². The predicted molar refractivity (Wildman–Crippen MR) is 76.3 cm³/mol. The quantitative estimate of drug-likeness (QED) is 0.856. The molecule has 0 atom stereocenters. The second-order valence-corrected chi connectivity index (χ2v) is 5.26. The van der Waals surface area contributed by atoms with Gasteiger partial charge in [-0.1, -0.05) is 24.3 Å². The van der Waals surface area contributed by atoms with Gasteiger partial charge in [-0.3, -0.25) is 0 Å². The molecule has 0 radical (unpaired) electrons. The lowest BCUT2D eigenvalue weighted by Gasteiger charge is -2.27. The molecule has 2 N–H and O–H groups in total. The van der Waals surface area contributed by atoms with E-state index in [0.717, 1.165) is 37.8 Å². The Morgan fingerprint density at radius 1 is 1.16 bits per heavy atom. The molecule has 1 aliphatic carbocycles. The molecule has 0 aromatic heterocycles. The fourth-order valence-electron chi connectivity index (χ4n) is 2.55. The summed E-state index contributed by atoms with van der Waals surface area (Å²) in [5.74, 6) is 0.309. The molecular formula is C16H22FNO. The topological polar surface area (TPSA) is 32.3 Å². The van der Waals surface area contributed by atoms with Gasteiger partial charge in [0.2, 0.25) is 0 Å². The maximum Gasteiger partial charge on any atom is 0.123 e. The highest BCUT2D eigenvalue weighted by Gasteiger charge is 2.19. The Balaban J connectivity index is 1.68. The van der Waals surface area contributed by atoms with E-state index in [0.29, 0.717) is 18.6 Å². The Labute approximate surface area is 114 Å². The van der Waals surface area contributed by atoms with E-state index in [9.17, 15) is 4.39 Å². The molecule has 0 amide bonds. The fourth-order valence-corrected chi connectivity index (χ4v) is 2.55. The van der Waals surface area contributed by atoms with E-state index in [2.05, 4.69) is 11.4 Å². The molecule has 3 heteroatoms. The molecule has 1 aromatic rings. The standard InChI is InChI=1S/C16H22FNO/c17-15-7-3-13(4-8-15)2-1-11-18-16-9-5-14(12-19)6-10-16/h1-4,7-8,14,16,18-19H,5-6,9-12H2/b2-1+. The summed E-state index contributed by atoms with van der Waals surface area (Å²) in [5.41, 5.74) is 1.02. The summed E-state index contributed by atoms with van der Waals surface area (Å²) in [5, 5.41) is 12.6. The van der Waals surface area contributed by atoms with Gasteiger partial charge in [0, 0.05) is 19.2 Å². The van der Waals surface area contributed by atoms with E-state index >= 15 is 0 Å². The minimum Gasteiger partial charge on any atom is -0.396 e. The summed E-state index contributed by atoms with van der Waals surface area (Å²) >= 11 is 0. The molecule has 1 aliphatic rings. The van der Waals surface area contributed by atoms with Gasteiger partial charge in [0.05, 0.1) is 0 Å². The average Bonchev–Trinajstić information content (AvgIpc) is 2.46. The normalized spacial score (nSPS) is 23.9. The summed E-state index contributed by atoms with van der Waals surface area (Å²) in [6.45, 7) is 1.17. The third kappa shape index (κ3) is 4.77. The van der Waals surface area contributed by atoms with Crippen LogP contribution in [0.15, 0.2) is 30.3 Å². The SMILES string of the molecule is OCC1CCC(NC/C=C/c2ccc(F)cc2)CC1. The zero-order valence-corrected chi connectivity index (χ0v) is 11.2. The smallest absolute Gasteiger partial charge is 0.123 e. The van der Waals surface area contributed by atoms with Gasteiger partial charge in [-0.15, -0.1) is 0 Å². The molecule has 0 bridgehead atoms. The molecule has 2 rings (SSSR count). The van der Waals surface area contributed by atoms with Gasteiger partial charge in [-0.05, 0) is 49.3 Å². The van der Waals surface area contributed by atoms with Gasteiger partial charge < -0.3 is 10.4 Å². The lowest BCUT2D eigenvalue weighted by atomic mass is 9.86. The van der Waals surface area contributed by atoms with Crippen molar-refractivity contribution in [3.8, 4) is 0 Å². The first-order valence-electron chi connectivity index (χ1n) is 7.04. The Bertz CT molecular complexity index is 394. The lowest BCUT2D eigenvalue weighted by Crippen LogP contribution is -2.33. The highest BCUT2D eigenvalue weighted by Crippen LogP contribution is 2.23. The van der Waals surface area contributed by atoms with Crippen molar-refractivity contribution in [1.82, 2.24) is 5.32 Å². The van der Waals surface area contributed by atoms with Crippen molar-refractivity contribution in [3.05, 3.63) is 41.7 Å². The van der Waals surface area contributed by atoms with Crippen LogP contribution in [-0.4, -0.2) is 24.3 Å². The van der Waals surface area contributed by atoms with Gasteiger partial charge in [0.25, 0.3) is 0 Å². The predicted octanol–water partition coefficient (Wildman–Crippen LogP) is 2.98. The second kappa shape index (κ2) is 7.41. The number of nitrogens with one attached hydrogen (secondary N) is 1. The zero-order valence-electron chi connectivity index (χ0n) is 11.2. The lowest BCUT2D eigenvalue weighted by molar-refractivity contribution is 0.176.